The van der Waals surface area contributed by atoms with Crippen LogP contribution < -0.4 is 5.32 Å². The fourth-order valence-corrected chi connectivity index (χ4v) is 1.79. The van der Waals surface area contributed by atoms with E-state index in [0.717, 1.165) is 17.2 Å². The number of hydrogen-bond acceptors (Lipinski definition) is 3. The van der Waals surface area contributed by atoms with Crippen LogP contribution >= 0.6 is 0 Å². The number of carboxylic acid groups (broad SMARTS) is 1. The average molecular weight is 277 g/mol. The predicted molar refractivity (Wildman–Crippen MR) is 80.6 cm³/mol. The van der Waals surface area contributed by atoms with Crippen LogP contribution in [0, 0.1) is 0 Å². The van der Waals surface area contributed by atoms with Crippen molar-refractivity contribution in [1.29, 1.82) is 0 Å². The lowest BCUT2D eigenvalue weighted by Gasteiger charge is -2.23. The van der Waals surface area contributed by atoms with Gasteiger partial charge in [-0.1, -0.05) is 24.3 Å². The van der Waals surface area contributed by atoms with E-state index in [-0.39, 0.29) is 5.54 Å². The maximum atomic E-state index is 10.6. The van der Waals surface area contributed by atoms with E-state index in [4.69, 9.17) is 5.11 Å². The van der Waals surface area contributed by atoms with Gasteiger partial charge in [0.1, 0.15) is 0 Å². The number of benzene rings is 1. The normalized spacial score (nSPS) is 13.6. The highest BCUT2D eigenvalue weighted by Crippen LogP contribution is 2.13. The first kappa shape index (κ1) is 16.4. The number of aliphatic hydroxyl groups excluding tert-OH is 1. The molecule has 1 rings (SSSR count). The highest BCUT2D eigenvalue weighted by Gasteiger charge is 2.13. The Morgan fingerprint density at radius 1 is 1.35 bits per heavy atom. The second-order valence-electron chi connectivity index (χ2n) is 5.86. The fraction of sp³-hybridized carbons (Fsp3) is 0.438. The summed E-state index contributed by atoms with van der Waals surface area (Å²) in [5, 5.41) is 22.0. The van der Waals surface area contributed by atoms with Crippen LogP contribution in [0.2, 0.25) is 0 Å². The molecule has 0 heterocycles. The van der Waals surface area contributed by atoms with Gasteiger partial charge in [0.25, 0.3) is 0 Å². The lowest BCUT2D eigenvalue weighted by molar-refractivity contribution is -0.131. The van der Waals surface area contributed by atoms with E-state index in [1.807, 2.05) is 45.0 Å². The van der Waals surface area contributed by atoms with Gasteiger partial charge in [-0.05, 0) is 38.0 Å². The summed E-state index contributed by atoms with van der Waals surface area (Å²) in [5.41, 5.74) is 1.72. The lowest BCUT2D eigenvalue weighted by Crippen LogP contribution is -2.41. The van der Waals surface area contributed by atoms with Crippen LogP contribution in [0.3, 0.4) is 0 Å². The Labute approximate surface area is 120 Å². The summed E-state index contributed by atoms with van der Waals surface area (Å²) in [5.74, 6) is -0.977. The third-order valence-corrected chi connectivity index (χ3v) is 2.78. The van der Waals surface area contributed by atoms with Crippen LogP contribution in [0.4, 0.5) is 0 Å². The Balaban J connectivity index is 2.69. The van der Waals surface area contributed by atoms with E-state index in [1.54, 1.807) is 6.08 Å². The third-order valence-electron chi connectivity index (χ3n) is 2.78. The van der Waals surface area contributed by atoms with Gasteiger partial charge in [-0.15, -0.1) is 0 Å². The molecule has 0 aliphatic carbocycles. The van der Waals surface area contributed by atoms with Crippen molar-refractivity contribution in [2.24, 2.45) is 0 Å². The summed E-state index contributed by atoms with van der Waals surface area (Å²) in [6.07, 6.45) is 2.65. The molecule has 0 saturated heterocycles. The lowest BCUT2D eigenvalue weighted by atomic mass is 10.0. The van der Waals surface area contributed by atoms with Crippen LogP contribution in [-0.4, -0.2) is 34.4 Å². The molecule has 4 heteroatoms. The number of nitrogens with one attached hydrogen (secondary N) is 1. The number of β-amino-alcohol motifs (C(OH)–C–C–N with tert-alkyl or cyclic N) is 1. The van der Waals surface area contributed by atoms with Crippen molar-refractivity contribution in [2.45, 2.75) is 38.8 Å². The molecule has 0 aromatic heterocycles. The molecular formula is C16H23NO3. The number of aliphatic hydroxyl groups is 1. The van der Waals surface area contributed by atoms with Crippen LogP contribution in [0.1, 0.15) is 31.9 Å². The molecule has 1 aromatic carbocycles. The molecule has 0 radical (unpaired) electrons. The minimum absolute atomic E-state index is 0.0380. The van der Waals surface area contributed by atoms with Gasteiger partial charge in [0.15, 0.2) is 0 Å². The second-order valence-corrected chi connectivity index (χ2v) is 5.86. The van der Waals surface area contributed by atoms with Gasteiger partial charge in [0.05, 0.1) is 6.10 Å². The van der Waals surface area contributed by atoms with Crippen LogP contribution in [0.5, 0.6) is 0 Å². The van der Waals surface area contributed by atoms with E-state index in [9.17, 15) is 9.90 Å². The minimum Gasteiger partial charge on any atom is -0.478 e. The zero-order chi connectivity index (χ0) is 15.2. The summed E-state index contributed by atoms with van der Waals surface area (Å²) in [6.45, 7) is 6.64. The zero-order valence-electron chi connectivity index (χ0n) is 12.3. The van der Waals surface area contributed by atoms with Crippen molar-refractivity contribution in [3.8, 4) is 0 Å². The molecule has 3 N–H and O–H groups in total. The molecule has 0 amide bonds. The fourth-order valence-electron chi connectivity index (χ4n) is 1.79. The SMILES string of the molecule is CC(C)(C)NCC(O)Cc1ccccc1C=CC(=O)O. The van der Waals surface area contributed by atoms with Crippen LogP contribution in [0.15, 0.2) is 30.3 Å². The number of aliphatic carboxylic acids is 1. The molecule has 1 unspecified atom stereocenters. The van der Waals surface area contributed by atoms with E-state index >= 15 is 0 Å². The van der Waals surface area contributed by atoms with Crippen LogP contribution in [0.25, 0.3) is 6.08 Å². The van der Waals surface area contributed by atoms with Crippen molar-refractivity contribution >= 4 is 12.0 Å². The smallest absolute Gasteiger partial charge is 0.328 e. The molecule has 0 bridgehead atoms. The number of carboxylic acids is 1. The molecule has 4 nitrogen and oxygen atoms in total. The summed E-state index contributed by atoms with van der Waals surface area (Å²) in [4.78, 5) is 10.6. The van der Waals surface area contributed by atoms with Gasteiger partial charge in [0, 0.05) is 24.6 Å². The molecular weight excluding hydrogens is 254 g/mol. The Hall–Kier alpha value is -1.65. The van der Waals surface area contributed by atoms with E-state index in [2.05, 4.69) is 5.32 Å². The standard InChI is InChI=1S/C16H23NO3/c1-16(2,3)17-11-14(18)10-13-7-5-4-6-12(13)8-9-15(19)20/h4-9,14,17-18H,10-11H2,1-3H3,(H,19,20). The van der Waals surface area contributed by atoms with E-state index in [1.165, 1.54) is 0 Å². The molecule has 110 valence electrons. The van der Waals surface area contributed by atoms with Crippen molar-refractivity contribution < 1.29 is 15.0 Å². The number of hydrogen-bond donors (Lipinski definition) is 3. The van der Waals surface area contributed by atoms with Crippen molar-refractivity contribution in [2.75, 3.05) is 6.54 Å². The van der Waals surface area contributed by atoms with E-state index in [0.29, 0.717) is 13.0 Å². The van der Waals surface area contributed by atoms with Gasteiger partial charge >= 0.3 is 5.97 Å². The average Bonchev–Trinajstić information content (AvgIpc) is 2.34. The zero-order valence-corrected chi connectivity index (χ0v) is 12.3. The molecule has 0 spiro atoms. The third kappa shape index (κ3) is 6.50. The largest absolute Gasteiger partial charge is 0.478 e. The Kier molecular flexibility index (Phi) is 5.92. The predicted octanol–water partition coefficient (Wildman–Crippen LogP) is 2.08. The van der Waals surface area contributed by atoms with E-state index < -0.39 is 12.1 Å². The first-order chi connectivity index (χ1) is 9.28. The molecule has 1 atom stereocenters. The Morgan fingerprint density at radius 3 is 2.60 bits per heavy atom. The monoisotopic (exact) mass is 277 g/mol. The minimum atomic E-state index is -0.977. The quantitative estimate of drug-likeness (QED) is 0.696. The molecule has 20 heavy (non-hydrogen) atoms. The summed E-state index contributed by atoms with van der Waals surface area (Å²) in [7, 11) is 0. The number of rotatable bonds is 6. The Morgan fingerprint density at radius 2 is 2.00 bits per heavy atom. The van der Waals surface area contributed by atoms with Gasteiger partial charge in [-0.3, -0.25) is 0 Å². The maximum absolute atomic E-state index is 10.6. The first-order valence-electron chi connectivity index (χ1n) is 6.70. The number of carbonyl (C=O) groups is 1. The molecule has 0 saturated carbocycles. The maximum Gasteiger partial charge on any atom is 0.328 e. The first-order valence-corrected chi connectivity index (χ1v) is 6.70. The molecule has 0 fully saturated rings. The summed E-state index contributed by atoms with van der Waals surface area (Å²) in [6, 6.07) is 7.49. The van der Waals surface area contributed by atoms with Crippen molar-refractivity contribution in [3.05, 3.63) is 41.5 Å². The van der Waals surface area contributed by atoms with Gasteiger partial charge in [0.2, 0.25) is 0 Å². The molecule has 0 aliphatic rings. The summed E-state index contributed by atoms with van der Waals surface area (Å²) < 4.78 is 0. The summed E-state index contributed by atoms with van der Waals surface area (Å²) >= 11 is 0. The highest BCUT2D eigenvalue weighted by atomic mass is 16.4. The second kappa shape index (κ2) is 7.22. The van der Waals surface area contributed by atoms with Gasteiger partial charge < -0.3 is 15.5 Å². The van der Waals surface area contributed by atoms with Crippen molar-refractivity contribution in [1.82, 2.24) is 5.32 Å². The van der Waals surface area contributed by atoms with Crippen LogP contribution in [-0.2, 0) is 11.2 Å². The Bertz CT molecular complexity index is 475. The highest BCUT2D eigenvalue weighted by molar-refractivity contribution is 5.85. The van der Waals surface area contributed by atoms with Gasteiger partial charge in [-0.2, -0.15) is 0 Å². The topological polar surface area (TPSA) is 69.6 Å². The van der Waals surface area contributed by atoms with Gasteiger partial charge in [-0.25, -0.2) is 4.79 Å². The molecule has 1 aromatic rings. The van der Waals surface area contributed by atoms with Crippen molar-refractivity contribution in [3.63, 3.8) is 0 Å². The molecule has 0 aliphatic heterocycles.